The molecule has 5 nitrogen and oxygen atoms in total. The highest BCUT2D eigenvalue weighted by Crippen LogP contribution is 2.34. The van der Waals surface area contributed by atoms with Crippen LogP contribution in [-0.2, 0) is 4.74 Å². The Bertz CT molecular complexity index is 880. The summed E-state index contributed by atoms with van der Waals surface area (Å²) in [6.07, 6.45) is -0.00370. The van der Waals surface area contributed by atoms with Gasteiger partial charge in [0.15, 0.2) is 11.6 Å². The minimum absolute atomic E-state index is 0.252. The zero-order chi connectivity index (χ0) is 20.5. The van der Waals surface area contributed by atoms with E-state index in [-0.39, 0.29) is 12.2 Å². The van der Waals surface area contributed by atoms with Gasteiger partial charge in [-0.2, -0.15) is 0 Å². The normalized spacial score (nSPS) is 16.9. The monoisotopic (exact) mass is 390 g/mol. The van der Waals surface area contributed by atoms with Crippen LogP contribution in [0.25, 0.3) is 11.1 Å². The molecule has 0 spiro atoms. The Labute approximate surface area is 163 Å². The van der Waals surface area contributed by atoms with E-state index >= 15 is 0 Å². The van der Waals surface area contributed by atoms with E-state index in [0.29, 0.717) is 42.1 Å². The summed E-state index contributed by atoms with van der Waals surface area (Å²) in [5.74, 6) is -1.38. The van der Waals surface area contributed by atoms with Gasteiger partial charge < -0.3 is 20.1 Å². The van der Waals surface area contributed by atoms with Crippen LogP contribution >= 0.6 is 0 Å². The maximum Gasteiger partial charge on any atom is 0.410 e. The molecular formula is C21H24F2N2O3. The van der Waals surface area contributed by atoms with Gasteiger partial charge in [-0.05, 0) is 50.6 Å². The zero-order valence-electron chi connectivity index (χ0n) is 16.2. The summed E-state index contributed by atoms with van der Waals surface area (Å²) >= 11 is 0. The van der Waals surface area contributed by atoms with Crippen molar-refractivity contribution in [1.82, 2.24) is 4.90 Å². The van der Waals surface area contributed by atoms with Crippen molar-refractivity contribution in [2.24, 2.45) is 0 Å². The van der Waals surface area contributed by atoms with Crippen molar-refractivity contribution in [2.75, 3.05) is 18.8 Å². The quantitative estimate of drug-likeness (QED) is 0.778. The molecule has 0 unspecified atom stereocenters. The first-order valence-corrected chi connectivity index (χ1v) is 9.12. The fraction of sp³-hybridized carbons (Fsp3) is 0.381. The second-order valence-corrected chi connectivity index (χ2v) is 7.84. The molecule has 0 aromatic heterocycles. The van der Waals surface area contributed by atoms with E-state index in [1.165, 1.54) is 6.07 Å². The number of amides is 1. The number of nitrogen functional groups attached to an aromatic ring is 1. The van der Waals surface area contributed by atoms with Gasteiger partial charge >= 0.3 is 6.09 Å². The van der Waals surface area contributed by atoms with Crippen LogP contribution in [0, 0.1) is 11.6 Å². The number of carbonyl (C=O) groups excluding carboxylic acids is 1. The van der Waals surface area contributed by atoms with Gasteiger partial charge in [0.1, 0.15) is 17.5 Å². The molecule has 2 N–H and O–H groups in total. The molecule has 28 heavy (non-hydrogen) atoms. The molecule has 0 saturated carbocycles. The fourth-order valence-electron chi connectivity index (χ4n) is 3.03. The summed E-state index contributed by atoms with van der Waals surface area (Å²) in [5.41, 5.74) is 6.89. The van der Waals surface area contributed by atoms with E-state index in [9.17, 15) is 13.6 Å². The number of nitrogens with two attached hydrogens (primary N) is 1. The van der Waals surface area contributed by atoms with E-state index in [2.05, 4.69) is 0 Å². The Morgan fingerprint density at radius 2 is 1.89 bits per heavy atom. The zero-order valence-corrected chi connectivity index (χ0v) is 16.2. The third kappa shape index (κ3) is 4.71. The van der Waals surface area contributed by atoms with E-state index in [1.807, 2.05) is 20.8 Å². The van der Waals surface area contributed by atoms with Gasteiger partial charge in [-0.25, -0.2) is 13.6 Å². The lowest BCUT2D eigenvalue weighted by atomic mass is 10.0. The fourth-order valence-corrected chi connectivity index (χ4v) is 3.03. The van der Waals surface area contributed by atoms with Crippen LogP contribution in [0.2, 0.25) is 0 Å². The standard InChI is InChI=1S/C21H24F2N2O3/c1-21(2,3)28-20(26)25-9-8-15(12-25)27-19-11-14(24)5-6-16(19)13-4-7-17(22)18(23)10-13/h4-7,10-11,15H,8-9,12,24H2,1-3H3/t15-/m0/s1. The molecule has 1 fully saturated rings. The van der Waals surface area contributed by atoms with E-state index in [1.54, 1.807) is 23.1 Å². The van der Waals surface area contributed by atoms with Crippen LogP contribution in [-0.4, -0.2) is 35.8 Å². The number of carbonyl (C=O) groups is 1. The smallest absolute Gasteiger partial charge is 0.410 e. The Morgan fingerprint density at radius 3 is 2.57 bits per heavy atom. The molecule has 150 valence electrons. The lowest BCUT2D eigenvalue weighted by Gasteiger charge is -2.24. The number of benzene rings is 2. The van der Waals surface area contributed by atoms with Crippen molar-refractivity contribution < 1.29 is 23.0 Å². The molecule has 7 heteroatoms. The molecule has 0 radical (unpaired) electrons. The third-order valence-electron chi connectivity index (χ3n) is 4.33. The van der Waals surface area contributed by atoms with Gasteiger partial charge in [0.25, 0.3) is 0 Å². The maximum absolute atomic E-state index is 13.7. The molecule has 0 bridgehead atoms. The van der Waals surface area contributed by atoms with Crippen LogP contribution < -0.4 is 10.5 Å². The number of likely N-dealkylation sites (tertiary alicyclic amines) is 1. The summed E-state index contributed by atoms with van der Waals surface area (Å²) in [6.45, 7) is 6.34. The molecule has 1 saturated heterocycles. The van der Waals surface area contributed by atoms with E-state index in [0.717, 1.165) is 12.1 Å². The first-order valence-electron chi connectivity index (χ1n) is 9.12. The second kappa shape index (κ2) is 7.66. The average Bonchev–Trinajstić information content (AvgIpc) is 3.05. The van der Waals surface area contributed by atoms with E-state index < -0.39 is 17.2 Å². The number of anilines is 1. The maximum atomic E-state index is 13.7. The molecule has 1 heterocycles. The molecule has 1 amide bonds. The molecule has 1 aliphatic heterocycles. The lowest BCUT2D eigenvalue weighted by Crippen LogP contribution is -2.36. The summed E-state index contributed by atoms with van der Waals surface area (Å²) < 4.78 is 38.4. The summed E-state index contributed by atoms with van der Waals surface area (Å²) in [6, 6.07) is 8.70. The Hall–Kier alpha value is -2.83. The van der Waals surface area contributed by atoms with Crippen LogP contribution in [0.1, 0.15) is 27.2 Å². The molecule has 0 aliphatic carbocycles. The number of hydrogen-bond donors (Lipinski definition) is 1. The largest absolute Gasteiger partial charge is 0.488 e. The van der Waals surface area contributed by atoms with Crippen molar-refractivity contribution in [3.05, 3.63) is 48.0 Å². The minimum Gasteiger partial charge on any atom is -0.488 e. The van der Waals surface area contributed by atoms with Gasteiger partial charge in [0.05, 0.1) is 6.54 Å². The van der Waals surface area contributed by atoms with Crippen LogP contribution in [0.15, 0.2) is 36.4 Å². The predicted octanol–water partition coefficient (Wildman–Crippen LogP) is 4.60. The van der Waals surface area contributed by atoms with Gasteiger partial charge in [0, 0.05) is 30.3 Å². The van der Waals surface area contributed by atoms with Crippen molar-refractivity contribution in [1.29, 1.82) is 0 Å². The highest BCUT2D eigenvalue weighted by atomic mass is 19.2. The van der Waals surface area contributed by atoms with Gasteiger partial charge in [-0.15, -0.1) is 0 Å². The number of rotatable bonds is 3. The summed E-state index contributed by atoms with van der Waals surface area (Å²) in [7, 11) is 0. The van der Waals surface area contributed by atoms with Gasteiger partial charge in [-0.1, -0.05) is 6.07 Å². The van der Waals surface area contributed by atoms with Crippen molar-refractivity contribution in [3.63, 3.8) is 0 Å². The third-order valence-corrected chi connectivity index (χ3v) is 4.33. The Balaban J connectivity index is 1.77. The topological polar surface area (TPSA) is 64.8 Å². The van der Waals surface area contributed by atoms with Gasteiger partial charge in [-0.3, -0.25) is 0 Å². The Morgan fingerprint density at radius 1 is 1.14 bits per heavy atom. The minimum atomic E-state index is -0.933. The molecule has 1 aliphatic rings. The van der Waals surface area contributed by atoms with Crippen LogP contribution in [0.5, 0.6) is 5.75 Å². The predicted molar refractivity (Wildman–Crippen MR) is 103 cm³/mol. The SMILES string of the molecule is CC(C)(C)OC(=O)N1CC[C@H](Oc2cc(N)ccc2-c2ccc(F)c(F)c2)C1. The van der Waals surface area contributed by atoms with Crippen molar-refractivity contribution in [3.8, 4) is 16.9 Å². The van der Waals surface area contributed by atoms with Gasteiger partial charge in [0.2, 0.25) is 0 Å². The molecule has 3 rings (SSSR count). The molecule has 2 aromatic rings. The second-order valence-electron chi connectivity index (χ2n) is 7.84. The molecule has 2 aromatic carbocycles. The number of hydrogen-bond acceptors (Lipinski definition) is 4. The number of nitrogens with zero attached hydrogens (tertiary/aromatic N) is 1. The molecular weight excluding hydrogens is 366 g/mol. The first kappa shape index (κ1) is 19.9. The lowest BCUT2D eigenvalue weighted by molar-refractivity contribution is 0.0276. The highest BCUT2D eigenvalue weighted by molar-refractivity contribution is 5.73. The summed E-state index contributed by atoms with van der Waals surface area (Å²) in [4.78, 5) is 13.8. The highest BCUT2D eigenvalue weighted by Gasteiger charge is 2.31. The summed E-state index contributed by atoms with van der Waals surface area (Å²) in [5, 5.41) is 0. The number of halogens is 2. The average molecular weight is 390 g/mol. The van der Waals surface area contributed by atoms with Crippen molar-refractivity contribution in [2.45, 2.75) is 38.9 Å². The van der Waals surface area contributed by atoms with Crippen LogP contribution in [0.3, 0.4) is 0 Å². The molecule has 1 atom stereocenters. The van der Waals surface area contributed by atoms with Crippen molar-refractivity contribution >= 4 is 11.8 Å². The Kier molecular flexibility index (Phi) is 5.45. The van der Waals surface area contributed by atoms with E-state index in [4.69, 9.17) is 15.2 Å². The first-order chi connectivity index (χ1) is 13.1. The van der Waals surface area contributed by atoms with Crippen LogP contribution in [0.4, 0.5) is 19.3 Å². The number of ether oxygens (including phenoxy) is 2.